The Morgan fingerprint density at radius 3 is 2.58 bits per heavy atom. The molecule has 138 valence electrons. The molecule has 2 aromatic heterocycles. The summed E-state index contributed by atoms with van der Waals surface area (Å²) in [4.78, 5) is 30.1. The molecule has 0 radical (unpaired) electrons. The Morgan fingerprint density at radius 2 is 1.96 bits per heavy atom. The highest BCUT2D eigenvalue weighted by Gasteiger charge is 2.44. The molecule has 0 atom stereocenters. The first-order chi connectivity index (χ1) is 12.3. The number of imidazole rings is 1. The molecule has 3 amide bonds. The van der Waals surface area contributed by atoms with Gasteiger partial charge in [0.25, 0.3) is 5.91 Å². The number of amides is 3. The summed E-state index contributed by atoms with van der Waals surface area (Å²) in [5.74, 6) is -0.533. The largest absolute Gasteiger partial charge is 0.406 e. The van der Waals surface area contributed by atoms with Crippen molar-refractivity contribution >= 4 is 23.3 Å². The monoisotopic (exact) mass is 367 g/mol. The van der Waals surface area contributed by atoms with Crippen LogP contribution in [0.3, 0.4) is 0 Å². The number of pyridine rings is 1. The van der Waals surface area contributed by atoms with Crippen LogP contribution in [0.25, 0.3) is 5.65 Å². The maximum absolute atomic E-state index is 12.7. The van der Waals surface area contributed by atoms with Gasteiger partial charge in [-0.3, -0.25) is 14.6 Å². The van der Waals surface area contributed by atoms with Crippen molar-refractivity contribution in [3.8, 4) is 0 Å². The van der Waals surface area contributed by atoms with E-state index in [-0.39, 0.29) is 11.4 Å². The Bertz CT molecular complexity index is 903. The van der Waals surface area contributed by atoms with Crippen molar-refractivity contribution in [2.45, 2.75) is 31.5 Å². The lowest BCUT2D eigenvalue weighted by atomic mass is 10.1. The Balaban J connectivity index is 1.77. The number of anilines is 1. The topological polar surface area (TPSA) is 83.9 Å². The molecule has 1 saturated carbocycles. The molecule has 0 spiro atoms. The maximum Gasteiger partial charge on any atom is 0.406 e. The third-order valence-electron chi connectivity index (χ3n) is 4.55. The first kappa shape index (κ1) is 16.8. The predicted octanol–water partition coefficient (Wildman–Crippen LogP) is 2.00. The van der Waals surface area contributed by atoms with Gasteiger partial charge in [0.15, 0.2) is 5.65 Å². The second kappa shape index (κ2) is 5.70. The van der Waals surface area contributed by atoms with E-state index in [1.54, 1.807) is 16.7 Å². The van der Waals surface area contributed by atoms with Gasteiger partial charge in [0.05, 0.1) is 11.4 Å². The predicted molar refractivity (Wildman–Crippen MR) is 85.6 cm³/mol. The van der Waals surface area contributed by atoms with Crippen molar-refractivity contribution in [1.29, 1.82) is 0 Å². The van der Waals surface area contributed by atoms with Gasteiger partial charge in [0, 0.05) is 18.9 Å². The summed E-state index contributed by atoms with van der Waals surface area (Å²) in [6, 6.07) is 0.752. The van der Waals surface area contributed by atoms with Crippen LogP contribution in [0.2, 0.25) is 0 Å². The third kappa shape index (κ3) is 2.90. The zero-order chi connectivity index (χ0) is 18.6. The zero-order valence-electron chi connectivity index (χ0n) is 13.7. The quantitative estimate of drug-likeness (QED) is 0.838. The normalized spacial score (nSPS) is 18.5. The van der Waals surface area contributed by atoms with Gasteiger partial charge in [-0.15, -0.1) is 0 Å². The second-order valence-electron chi connectivity index (χ2n) is 6.56. The first-order valence-corrected chi connectivity index (χ1v) is 8.17. The minimum absolute atomic E-state index is 0.187. The van der Waals surface area contributed by atoms with E-state index in [0.29, 0.717) is 22.9 Å². The van der Waals surface area contributed by atoms with Crippen LogP contribution >= 0.6 is 0 Å². The molecule has 3 heterocycles. The number of nitrogens with two attached hydrogens (primary N) is 1. The SMILES string of the molecule is NCc1cn2cc(C3CC3)cc(N3CC(=O)N(CC(F)(F)F)C3=O)c2n1. The van der Waals surface area contributed by atoms with E-state index in [1.807, 2.05) is 6.20 Å². The van der Waals surface area contributed by atoms with Gasteiger partial charge in [-0.1, -0.05) is 0 Å². The summed E-state index contributed by atoms with van der Waals surface area (Å²) in [6.45, 7) is -1.85. The molecule has 7 nitrogen and oxygen atoms in total. The molecule has 0 unspecified atom stereocenters. The number of fused-ring (bicyclic) bond motifs is 1. The van der Waals surface area contributed by atoms with Crippen LogP contribution in [-0.2, 0) is 11.3 Å². The summed E-state index contributed by atoms with van der Waals surface area (Å²) >= 11 is 0. The Morgan fingerprint density at radius 1 is 1.23 bits per heavy atom. The van der Waals surface area contributed by atoms with E-state index in [2.05, 4.69) is 4.98 Å². The van der Waals surface area contributed by atoms with Gasteiger partial charge < -0.3 is 10.1 Å². The molecule has 10 heteroatoms. The molecular formula is C16H16F3N5O2. The molecule has 2 N–H and O–H groups in total. The molecule has 2 aliphatic rings. The van der Waals surface area contributed by atoms with Crippen molar-refractivity contribution < 1.29 is 22.8 Å². The average molecular weight is 367 g/mol. The maximum atomic E-state index is 12.7. The van der Waals surface area contributed by atoms with Gasteiger partial charge in [0.1, 0.15) is 13.1 Å². The number of hydrogen-bond acceptors (Lipinski definition) is 4. The van der Waals surface area contributed by atoms with E-state index >= 15 is 0 Å². The van der Waals surface area contributed by atoms with Crippen molar-refractivity contribution in [2.75, 3.05) is 18.0 Å². The third-order valence-corrected chi connectivity index (χ3v) is 4.55. The van der Waals surface area contributed by atoms with E-state index in [4.69, 9.17) is 5.73 Å². The van der Waals surface area contributed by atoms with E-state index in [1.165, 1.54) is 0 Å². The summed E-state index contributed by atoms with van der Waals surface area (Å²) in [5.41, 5.74) is 7.90. The number of nitrogens with zero attached hydrogens (tertiary/aromatic N) is 4. The number of halogens is 3. The second-order valence-corrected chi connectivity index (χ2v) is 6.56. The van der Waals surface area contributed by atoms with Crippen molar-refractivity contribution in [1.82, 2.24) is 14.3 Å². The number of carbonyl (C=O) groups is 2. The molecule has 0 bridgehead atoms. The van der Waals surface area contributed by atoms with Crippen LogP contribution in [0.1, 0.15) is 30.0 Å². The molecule has 0 aromatic carbocycles. The lowest BCUT2D eigenvalue weighted by Gasteiger charge is -2.19. The van der Waals surface area contributed by atoms with Gasteiger partial charge in [-0.05, 0) is 30.4 Å². The number of carbonyl (C=O) groups excluding carboxylic acids is 2. The minimum Gasteiger partial charge on any atom is -0.325 e. The highest BCUT2D eigenvalue weighted by atomic mass is 19.4. The number of alkyl halides is 3. The summed E-state index contributed by atoms with van der Waals surface area (Å²) < 4.78 is 39.7. The smallest absolute Gasteiger partial charge is 0.325 e. The van der Waals surface area contributed by atoms with Gasteiger partial charge in [-0.2, -0.15) is 13.2 Å². The fraction of sp³-hybridized carbons (Fsp3) is 0.438. The van der Waals surface area contributed by atoms with Crippen LogP contribution in [0.5, 0.6) is 0 Å². The van der Waals surface area contributed by atoms with E-state index in [9.17, 15) is 22.8 Å². The Labute approximate surface area is 146 Å². The Hall–Kier alpha value is -2.62. The zero-order valence-corrected chi connectivity index (χ0v) is 13.7. The molecule has 1 aliphatic heterocycles. The lowest BCUT2D eigenvalue weighted by molar-refractivity contribution is -0.151. The first-order valence-electron chi connectivity index (χ1n) is 8.17. The van der Waals surface area contributed by atoms with Crippen LogP contribution < -0.4 is 10.6 Å². The number of rotatable bonds is 4. The highest BCUT2D eigenvalue weighted by molar-refractivity contribution is 6.13. The highest BCUT2D eigenvalue weighted by Crippen LogP contribution is 2.42. The van der Waals surface area contributed by atoms with E-state index in [0.717, 1.165) is 23.3 Å². The average Bonchev–Trinajstić information content (AvgIpc) is 3.28. The molecule has 2 aromatic rings. The van der Waals surface area contributed by atoms with Crippen molar-refractivity contribution in [3.05, 3.63) is 29.7 Å². The number of imide groups is 1. The van der Waals surface area contributed by atoms with Crippen LogP contribution in [-0.4, -0.2) is 45.5 Å². The number of hydrogen-bond donors (Lipinski definition) is 1. The van der Waals surface area contributed by atoms with Gasteiger partial charge in [0.2, 0.25) is 0 Å². The lowest BCUT2D eigenvalue weighted by Crippen LogP contribution is -2.40. The molecule has 4 rings (SSSR count). The number of urea groups is 1. The molecule has 1 saturated heterocycles. The van der Waals surface area contributed by atoms with E-state index < -0.39 is 31.2 Å². The van der Waals surface area contributed by atoms with Crippen LogP contribution in [0.15, 0.2) is 18.5 Å². The minimum atomic E-state index is -4.65. The summed E-state index contributed by atoms with van der Waals surface area (Å²) in [7, 11) is 0. The molecular weight excluding hydrogens is 351 g/mol. The summed E-state index contributed by atoms with van der Waals surface area (Å²) in [6.07, 6.45) is 0.985. The standard InChI is InChI=1S/C16H16F3N5O2/c17-16(18,19)8-24-13(25)7-23(15(24)26)12-3-10(9-1-2-9)5-22-6-11(4-20)21-14(12)22/h3,5-6,9H,1-2,4,7-8,20H2. The fourth-order valence-corrected chi connectivity index (χ4v) is 3.15. The van der Waals surface area contributed by atoms with Gasteiger partial charge >= 0.3 is 12.2 Å². The number of aromatic nitrogens is 2. The van der Waals surface area contributed by atoms with Gasteiger partial charge in [-0.25, -0.2) is 9.78 Å². The Kier molecular flexibility index (Phi) is 3.69. The van der Waals surface area contributed by atoms with Crippen LogP contribution in [0, 0.1) is 0 Å². The summed E-state index contributed by atoms with van der Waals surface area (Å²) in [5, 5.41) is 0. The van der Waals surface area contributed by atoms with Crippen molar-refractivity contribution in [3.63, 3.8) is 0 Å². The molecule has 1 aliphatic carbocycles. The van der Waals surface area contributed by atoms with Crippen molar-refractivity contribution in [2.24, 2.45) is 5.73 Å². The molecule has 2 fully saturated rings. The fourth-order valence-electron chi connectivity index (χ4n) is 3.15. The molecule has 26 heavy (non-hydrogen) atoms. The van der Waals surface area contributed by atoms with Crippen LogP contribution in [0.4, 0.5) is 23.7 Å².